The number of hydrogen-bond donors (Lipinski definition) is 0. The smallest absolute Gasteiger partial charge is 0.235 e. The van der Waals surface area contributed by atoms with E-state index in [-0.39, 0.29) is 21.9 Å². The van der Waals surface area contributed by atoms with Gasteiger partial charge in [-0.05, 0) is 12.1 Å². The van der Waals surface area contributed by atoms with Crippen LogP contribution in [-0.2, 0) is 0 Å². The van der Waals surface area contributed by atoms with Gasteiger partial charge in [0, 0.05) is 5.39 Å². The molecular weight excluding hydrogens is 180 g/mol. The number of nitrogens with zero attached hydrogens (tertiary/aromatic N) is 2. The van der Waals surface area contributed by atoms with Crippen molar-refractivity contribution in [3.63, 3.8) is 0 Å². The molecule has 0 bridgehead atoms. The molecule has 0 N–H and O–H groups in total. The molecule has 0 aliphatic carbocycles. The zero-order valence-corrected chi connectivity index (χ0v) is 6.87. The van der Waals surface area contributed by atoms with Crippen molar-refractivity contribution in [2.24, 2.45) is 0 Å². The van der Waals surface area contributed by atoms with Gasteiger partial charge in [0.25, 0.3) is 0 Å². The number of nitriles is 2. The van der Waals surface area contributed by atoms with Gasteiger partial charge < -0.3 is 0 Å². The second-order valence-electron chi connectivity index (χ2n) is 2.79. The van der Waals surface area contributed by atoms with Crippen molar-refractivity contribution in [3.8, 4) is 12.1 Å². The van der Waals surface area contributed by atoms with Crippen LogP contribution in [0, 0.1) is 22.7 Å². The van der Waals surface area contributed by atoms with Crippen molar-refractivity contribution < 1.29 is 0 Å². The Balaban J connectivity index is 3.05. The highest BCUT2D eigenvalue weighted by Crippen LogP contribution is 2.16. The van der Waals surface area contributed by atoms with E-state index in [2.05, 4.69) is 0 Å². The molecule has 0 aromatic heterocycles. The third kappa shape index (κ3) is 0.746. The lowest BCUT2D eigenvalue weighted by Crippen LogP contribution is -2.31. The molecule has 0 spiro atoms. The molecule has 0 heterocycles. The summed E-state index contributed by atoms with van der Waals surface area (Å²) in [6, 6.07) is 6.34. The molecule has 0 aliphatic rings. The Morgan fingerprint density at radius 1 is 1.00 bits per heavy atom. The van der Waals surface area contributed by atoms with Gasteiger partial charge in [0.15, 0.2) is 0 Å². The maximum atomic E-state index is 11.1. The minimum absolute atomic E-state index is 0.00889. The highest BCUT2D eigenvalue weighted by molar-refractivity contribution is 5.93. The van der Waals surface area contributed by atoms with Crippen LogP contribution in [0.25, 0.3) is 10.8 Å². The van der Waals surface area contributed by atoms with Crippen LogP contribution in [-0.4, -0.2) is 0 Å². The number of rotatable bonds is 0. The first-order valence-corrected chi connectivity index (χ1v) is 3.77. The van der Waals surface area contributed by atoms with E-state index in [0.717, 1.165) is 0 Å². The summed E-state index contributed by atoms with van der Waals surface area (Å²) < 4.78 is 0. The van der Waals surface area contributed by atoms with Gasteiger partial charge in [0.05, 0.1) is 16.5 Å². The van der Waals surface area contributed by atoms with E-state index in [9.17, 15) is 9.59 Å². The highest BCUT2D eigenvalue weighted by Gasteiger charge is 2.18. The van der Waals surface area contributed by atoms with Gasteiger partial charge in [-0.1, -0.05) is 0 Å². The van der Waals surface area contributed by atoms with E-state index < -0.39 is 10.9 Å². The maximum Gasteiger partial charge on any atom is 0.235 e. The van der Waals surface area contributed by atoms with Crippen LogP contribution < -0.4 is 10.9 Å². The lowest BCUT2D eigenvalue weighted by molar-refractivity contribution is 1.42. The fraction of sp³-hybridized carbons (Fsp3) is 0. The zero-order valence-electron chi connectivity index (χ0n) is 6.87. The molecule has 4 nitrogen and oxygen atoms in total. The molecule has 2 rings (SSSR count). The van der Waals surface area contributed by atoms with Crippen molar-refractivity contribution in [2.45, 2.75) is 0 Å². The van der Waals surface area contributed by atoms with Gasteiger partial charge in [-0.2, -0.15) is 10.5 Å². The van der Waals surface area contributed by atoms with Gasteiger partial charge in [-0.3, -0.25) is 9.59 Å². The summed E-state index contributed by atoms with van der Waals surface area (Å²) in [6.07, 6.45) is 0. The van der Waals surface area contributed by atoms with Gasteiger partial charge in [0.2, 0.25) is 10.9 Å². The normalized spacial score (nSPS) is 9.86. The van der Waals surface area contributed by atoms with Crippen LogP contribution in [0.5, 0.6) is 0 Å². The molecule has 0 saturated carbocycles. The van der Waals surface area contributed by atoms with Crippen molar-refractivity contribution in [1.29, 1.82) is 10.5 Å². The SMILES string of the molecule is N#Cc1ccc2c(=O)c(=O)c2c1C#N. The van der Waals surface area contributed by atoms with Gasteiger partial charge in [0.1, 0.15) is 12.1 Å². The van der Waals surface area contributed by atoms with Crippen LogP contribution in [0.1, 0.15) is 11.1 Å². The summed E-state index contributed by atoms with van der Waals surface area (Å²) >= 11 is 0. The van der Waals surface area contributed by atoms with Crippen LogP contribution >= 0.6 is 0 Å². The van der Waals surface area contributed by atoms with Crippen LogP contribution in [0.3, 0.4) is 0 Å². The van der Waals surface area contributed by atoms with Crippen molar-refractivity contribution >= 4 is 10.8 Å². The second kappa shape index (κ2) is 2.51. The standard InChI is InChI=1S/C10H2N2O2/c11-3-5-1-2-6-8(7(5)4-12)10(14)9(6)13/h1-2H. The first-order chi connectivity index (χ1) is 6.70. The average Bonchev–Trinajstić information content (AvgIpc) is 2.25. The van der Waals surface area contributed by atoms with E-state index in [1.54, 1.807) is 12.1 Å². The molecule has 4 heteroatoms. The lowest BCUT2D eigenvalue weighted by atomic mass is 9.96. The van der Waals surface area contributed by atoms with Gasteiger partial charge in [-0.15, -0.1) is 0 Å². The van der Waals surface area contributed by atoms with E-state index in [1.807, 2.05) is 0 Å². The molecule has 0 unspecified atom stereocenters. The van der Waals surface area contributed by atoms with Crippen LogP contribution in [0.2, 0.25) is 0 Å². The Hall–Kier alpha value is -2.46. The van der Waals surface area contributed by atoms with Gasteiger partial charge >= 0.3 is 0 Å². The summed E-state index contributed by atoms with van der Waals surface area (Å²) in [5, 5.41) is 17.7. The van der Waals surface area contributed by atoms with Gasteiger partial charge in [-0.25, -0.2) is 0 Å². The Kier molecular flexibility index (Phi) is 1.46. The Bertz CT molecular complexity index is 692. The summed E-state index contributed by atoms with van der Waals surface area (Å²) in [5.41, 5.74) is -1.11. The van der Waals surface area contributed by atoms with E-state index in [0.29, 0.717) is 0 Å². The average molecular weight is 182 g/mol. The zero-order chi connectivity index (χ0) is 10.3. The number of fused-ring (bicyclic) bond motifs is 1. The molecule has 2 aromatic carbocycles. The topological polar surface area (TPSA) is 81.7 Å². The van der Waals surface area contributed by atoms with Crippen LogP contribution in [0.4, 0.5) is 0 Å². The third-order valence-electron chi connectivity index (χ3n) is 2.12. The predicted molar refractivity (Wildman–Crippen MR) is 48.3 cm³/mol. The predicted octanol–water partition coefficient (Wildman–Crippen LogP) is 0.179. The van der Waals surface area contributed by atoms with Crippen LogP contribution in [0.15, 0.2) is 21.7 Å². The molecule has 0 fully saturated rings. The first kappa shape index (κ1) is 8.15. The maximum absolute atomic E-state index is 11.1. The van der Waals surface area contributed by atoms with Crippen molar-refractivity contribution in [3.05, 3.63) is 43.7 Å². The lowest BCUT2D eigenvalue weighted by Gasteiger charge is -2.01. The monoisotopic (exact) mass is 182 g/mol. The third-order valence-corrected chi connectivity index (χ3v) is 2.12. The molecule has 0 atom stereocenters. The summed E-state index contributed by atoms with van der Waals surface area (Å²) in [6.45, 7) is 0. The molecule has 0 aliphatic heterocycles. The fourth-order valence-corrected chi connectivity index (χ4v) is 1.41. The summed E-state index contributed by atoms with van der Waals surface area (Å²) in [7, 11) is 0. The fourth-order valence-electron chi connectivity index (χ4n) is 1.41. The molecule has 0 saturated heterocycles. The molecule has 0 amide bonds. The minimum Gasteiger partial charge on any atom is -0.285 e. The molecule has 14 heavy (non-hydrogen) atoms. The number of benzene rings is 1. The summed E-state index contributed by atoms with van der Waals surface area (Å²) in [4.78, 5) is 22.1. The van der Waals surface area contributed by atoms with E-state index in [4.69, 9.17) is 10.5 Å². The van der Waals surface area contributed by atoms with E-state index >= 15 is 0 Å². The quantitative estimate of drug-likeness (QED) is 0.544. The Morgan fingerprint density at radius 2 is 1.71 bits per heavy atom. The molecule has 2 aromatic rings. The van der Waals surface area contributed by atoms with E-state index in [1.165, 1.54) is 12.1 Å². The van der Waals surface area contributed by atoms with Crippen molar-refractivity contribution in [2.75, 3.05) is 0 Å². The first-order valence-electron chi connectivity index (χ1n) is 3.77. The molecule has 64 valence electrons. The van der Waals surface area contributed by atoms with Crippen molar-refractivity contribution in [1.82, 2.24) is 0 Å². The molecule has 0 radical (unpaired) electrons. The minimum atomic E-state index is -0.673. The molecular formula is C10H2N2O2. The Morgan fingerprint density at radius 3 is 2.29 bits per heavy atom. The second-order valence-corrected chi connectivity index (χ2v) is 2.79. The Labute approximate surface area is 77.9 Å². The highest BCUT2D eigenvalue weighted by atomic mass is 16.2. The summed E-state index contributed by atoms with van der Waals surface area (Å²) in [5.74, 6) is 0. The number of hydrogen-bond acceptors (Lipinski definition) is 4. The largest absolute Gasteiger partial charge is 0.285 e.